The molecule has 1 aliphatic heterocycles. The Balaban J connectivity index is 2.53. The van der Waals surface area contributed by atoms with Crippen LogP contribution in [0.15, 0.2) is 0 Å². The molecule has 0 amide bonds. The van der Waals surface area contributed by atoms with Crippen molar-refractivity contribution in [2.75, 3.05) is 13.2 Å². The summed E-state index contributed by atoms with van der Waals surface area (Å²) in [6, 6.07) is 0. The summed E-state index contributed by atoms with van der Waals surface area (Å²) in [7, 11) is 0. The summed E-state index contributed by atoms with van der Waals surface area (Å²) in [6.07, 6.45) is -4.68. The summed E-state index contributed by atoms with van der Waals surface area (Å²) in [5.41, 5.74) is -2.68. The maximum Gasteiger partial charge on any atom is 0.430 e. The fraction of sp³-hybridized carbons (Fsp3) is 0.875. The molecular formula is C8H11F3O3. The largest absolute Gasteiger partial charge is 0.463 e. The van der Waals surface area contributed by atoms with Crippen LogP contribution in [0.5, 0.6) is 0 Å². The minimum Gasteiger partial charge on any atom is -0.463 e. The van der Waals surface area contributed by atoms with Crippen molar-refractivity contribution >= 4 is 5.97 Å². The number of rotatable bonds is 3. The molecule has 1 fully saturated rings. The van der Waals surface area contributed by atoms with Gasteiger partial charge in [0, 0.05) is 0 Å². The van der Waals surface area contributed by atoms with Crippen LogP contribution >= 0.6 is 0 Å². The zero-order chi connectivity index (χ0) is 11.0. The van der Waals surface area contributed by atoms with Crippen molar-refractivity contribution in [1.29, 1.82) is 0 Å². The Kier molecular flexibility index (Phi) is 2.76. The lowest BCUT2D eigenvalue weighted by atomic mass is 10.1. The van der Waals surface area contributed by atoms with E-state index in [1.807, 2.05) is 0 Å². The monoisotopic (exact) mass is 212 g/mol. The van der Waals surface area contributed by atoms with Gasteiger partial charge < -0.3 is 9.47 Å². The van der Waals surface area contributed by atoms with Gasteiger partial charge in [0.15, 0.2) is 0 Å². The van der Waals surface area contributed by atoms with Gasteiger partial charge >= 0.3 is 12.1 Å². The summed E-state index contributed by atoms with van der Waals surface area (Å²) >= 11 is 0. The van der Waals surface area contributed by atoms with E-state index in [2.05, 4.69) is 9.47 Å². The van der Waals surface area contributed by atoms with E-state index in [-0.39, 0.29) is 12.5 Å². The van der Waals surface area contributed by atoms with Crippen molar-refractivity contribution < 1.29 is 27.4 Å². The second-order valence-electron chi connectivity index (χ2n) is 3.61. The van der Waals surface area contributed by atoms with Crippen molar-refractivity contribution in [1.82, 2.24) is 0 Å². The number of hydrogen-bond acceptors (Lipinski definition) is 3. The predicted molar refractivity (Wildman–Crippen MR) is 40.5 cm³/mol. The van der Waals surface area contributed by atoms with Crippen molar-refractivity contribution in [2.45, 2.75) is 25.6 Å². The predicted octanol–water partition coefficient (Wildman–Crippen LogP) is 1.52. The number of carbonyl (C=O) groups excluding carboxylic acids is 1. The van der Waals surface area contributed by atoms with E-state index in [1.54, 1.807) is 13.8 Å². The number of hydrogen-bond donors (Lipinski definition) is 0. The van der Waals surface area contributed by atoms with Gasteiger partial charge in [-0.2, -0.15) is 13.2 Å². The van der Waals surface area contributed by atoms with E-state index < -0.39 is 24.4 Å². The first kappa shape index (κ1) is 11.3. The molecule has 82 valence electrons. The molecule has 1 atom stereocenters. The minimum absolute atomic E-state index is 0.00276. The number of ether oxygens (including phenoxy) is 2. The van der Waals surface area contributed by atoms with Crippen LogP contribution in [0.4, 0.5) is 13.2 Å². The van der Waals surface area contributed by atoms with Gasteiger partial charge in [0.2, 0.25) is 0 Å². The van der Waals surface area contributed by atoms with Crippen LogP contribution in [0.3, 0.4) is 0 Å². The molecule has 0 aromatic carbocycles. The zero-order valence-electron chi connectivity index (χ0n) is 7.85. The van der Waals surface area contributed by atoms with Gasteiger partial charge in [0.1, 0.15) is 0 Å². The Morgan fingerprint density at radius 1 is 1.57 bits per heavy atom. The first-order chi connectivity index (χ1) is 6.29. The number of alkyl halides is 3. The quantitative estimate of drug-likeness (QED) is 0.526. The first-order valence-corrected chi connectivity index (χ1v) is 4.17. The van der Waals surface area contributed by atoms with Crippen molar-refractivity contribution in [3.8, 4) is 0 Å². The first-order valence-electron chi connectivity index (χ1n) is 4.17. The second-order valence-corrected chi connectivity index (χ2v) is 3.61. The SMILES string of the molecule is CC(C)COC(=O)[C@]1(C(F)(F)F)CO1. The van der Waals surface area contributed by atoms with Crippen LogP contribution in [0.2, 0.25) is 0 Å². The summed E-state index contributed by atoms with van der Waals surface area (Å²) in [5.74, 6) is -1.33. The van der Waals surface area contributed by atoms with Gasteiger partial charge in [-0.3, -0.25) is 0 Å². The van der Waals surface area contributed by atoms with Gasteiger partial charge in [0.25, 0.3) is 5.60 Å². The molecule has 1 aliphatic rings. The van der Waals surface area contributed by atoms with Crippen LogP contribution in [0, 0.1) is 5.92 Å². The molecule has 0 aliphatic carbocycles. The molecule has 0 saturated carbocycles. The standard InChI is InChI=1S/C8H11F3O3/c1-5(2)3-13-6(12)7(4-14-7)8(9,10)11/h5H,3-4H2,1-2H3/t7-/m0/s1. The fourth-order valence-electron chi connectivity index (χ4n) is 0.828. The smallest absolute Gasteiger partial charge is 0.430 e. The lowest BCUT2D eigenvalue weighted by Crippen LogP contribution is -2.42. The normalized spacial score (nSPS) is 26.4. The minimum atomic E-state index is -4.68. The number of esters is 1. The van der Waals surface area contributed by atoms with Gasteiger partial charge in [-0.15, -0.1) is 0 Å². The molecule has 1 saturated heterocycles. The molecule has 0 bridgehead atoms. The van der Waals surface area contributed by atoms with Crippen LogP contribution in [-0.2, 0) is 14.3 Å². The van der Waals surface area contributed by atoms with Gasteiger partial charge in [0.05, 0.1) is 13.2 Å². The Morgan fingerprint density at radius 3 is 2.36 bits per heavy atom. The van der Waals surface area contributed by atoms with Gasteiger partial charge in [-0.05, 0) is 5.92 Å². The van der Waals surface area contributed by atoms with E-state index >= 15 is 0 Å². The molecule has 0 spiro atoms. The fourth-order valence-corrected chi connectivity index (χ4v) is 0.828. The van der Waals surface area contributed by atoms with Gasteiger partial charge in [-0.25, -0.2) is 4.79 Å². The molecule has 0 aromatic rings. The Morgan fingerprint density at radius 2 is 2.07 bits per heavy atom. The maximum atomic E-state index is 12.2. The Hall–Kier alpha value is -0.780. The van der Waals surface area contributed by atoms with E-state index in [9.17, 15) is 18.0 Å². The number of halogens is 3. The Labute approximate surface area is 79.2 Å². The third-order valence-corrected chi connectivity index (χ3v) is 1.77. The lowest BCUT2D eigenvalue weighted by Gasteiger charge is -2.15. The molecule has 0 unspecified atom stereocenters. The highest BCUT2D eigenvalue weighted by molar-refractivity contribution is 5.83. The molecule has 1 rings (SSSR count). The highest BCUT2D eigenvalue weighted by atomic mass is 19.4. The molecule has 1 heterocycles. The zero-order valence-corrected chi connectivity index (χ0v) is 7.85. The van der Waals surface area contributed by atoms with Crippen molar-refractivity contribution in [3.05, 3.63) is 0 Å². The summed E-state index contributed by atoms with van der Waals surface area (Å²) in [4.78, 5) is 11.0. The van der Waals surface area contributed by atoms with Crippen LogP contribution in [-0.4, -0.2) is 31.0 Å². The highest BCUT2D eigenvalue weighted by Gasteiger charge is 2.72. The molecule has 6 heteroatoms. The molecule has 0 radical (unpaired) electrons. The number of epoxide rings is 1. The molecule has 0 N–H and O–H groups in total. The van der Waals surface area contributed by atoms with E-state index in [1.165, 1.54) is 0 Å². The summed E-state index contributed by atoms with van der Waals surface area (Å²) < 4.78 is 45.4. The van der Waals surface area contributed by atoms with E-state index in [4.69, 9.17) is 0 Å². The van der Waals surface area contributed by atoms with E-state index in [0.29, 0.717) is 0 Å². The third kappa shape index (κ3) is 2.00. The summed E-state index contributed by atoms with van der Waals surface area (Å²) in [6.45, 7) is 2.82. The second kappa shape index (κ2) is 3.42. The number of carbonyl (C=O) groups is 1. The van der Waals surface area contributed by atoms with Crippen LogP contribution < -0.4 is 0 Å². The van der Waals surface area contributed by atoms with Crippen LogP contribution in [0.1, 0.15) is 13.8 Å². The Bertz CT molecular complexity index is 230. The van der Waals surface area contributed by atoms with E-state index in [0.717, 1.165) is 0 Å². The average Bonchev–Trinajstić information content (AvgIpc) is 2.77. The van der Waals surface area contributed by atoms with Crippen molar-refractivity contribution in [2.24, 2.45) is 5.92 Å². The van der Waals surface area contributed by atoms with Crippen molar-refractivity contribution in [3.63, 3.8) is 0 Å². The molecule has 0 aromatic heterocycles. The molecule has 14 heavy (non-hydrogen) atoms. The molecular weight excluding hydrogens is 201 g/mol. The summed E-state index contributed by atoms with van der Waals surface area (Å²) in [5, 5.41) is 0. The van der Waals surface area contributed by atoms with Crippen LogP contribution in [0.25, 0.3) is 0 Å². The lowest BCUT2D eigenvalue weighted by molar-refractivity contribution is -0.204. The average molecular weight is 212 g/mol. The van der Waals surface area contributed by atoms with Gasteiger partial charge in [-0.1, -0.05) is 13.8 Å². The highest BCUT2D eigenvalue weighted by Crippen LogP contribution is 2.44. The maximum absolute atomic E-state index is 12.2. The third-order valence-electron chi connectivity index (χ3n) is 1.77. The topological polar surface area (TPSA) is 38.8 Å². The molecule has 3 nitrogen and oxygen atoms in total.